The third-order valence-electron chi connectivity index (χ3n) is 3.00. The minimum atomic E-state index is -3.18. The van der Waals surface area contributed by atoms with E-state index in [0.717, 1.165) is 24.2 Å². The Balaban J connectivity index is 2.11. The van der Waals surface area contributed by atoms with E-state index in [9.17, 15) is 8.42 Å². The second-order valence-electron chi connectivity index (χ2n) is 4.55. The second kappa shape index (κ2) is 6.81. The molecule has 116 valence electrons. The Morgan fingerprint density at radius 1 is 1.24 bits per heavy atom. The van der Waals surface area contributed by atoms with Gasteiger partial charge in [-0.1, -0.05) is 6.92 Å². The minimum Gasteiger partial charge on any atom is -0.369 e. The van der Waals surface area contributed by atoms with Gasteiger partial charge in [-0.15, -0.1) is 0 Å². The van der Waals surface area contributed by atoms with Crippen LogP contribution in [0.5, 0.6) is 0 Å². The lowest BCUT2D eigenvalue weighted by Gasteiger charge is -2.06. The molecule has 2 heterocycles. The van der Waals surface area contributed by atoms with Crippen molar-refractivity contribution in [1.82, 2.24) is 24.5 Å². The zero-order valence-electron chi connectivity index (χ0n) is 12.2. The Morgan fingerprint density at radius 2 is 2.05 bits per heavy atom. The molecule has 0 unspecified atom stereocenters. The van der Waals surface area contributed by atoms with Gasteiger partial charge >= 0.3 is 0 Å². The van der Waals surface area contributed by atoms with E-state index >= 15 is 0 Å². The summed E-state index contributed by atoms with van der Waals surface area (Å²) in [5.41, 5.74) is 0.694. The Kier molecular flexibility index (Phi) is 5.07. The lowest BCUT2D eigenvalue weighted by atomic mass is 10.4. The van der Waals surface area contributed by atoms with Gasteiger partial charge in [0.1, 0.15) is 12.1 Å². The smallest absolute Gasteiger partial charge is 0.211 e. The van der Waals surface area contributed by atoms with Gasteiger partial charge < -0.3 is 5.32 Å². The Bertz CT molecular complexity index is 697. The van der Waals surface area contributed by atoms with Crippen LogP contribution in [0.4, 0.5) is 5.82 Å². The van der Waals surface area contributed by atoms with Crippen molar-refractivity contribution in [2.24, 2.45) is 0 Å². The molecule has 0 aliphatic heterocycles. The number of hydrogen-bond donors (Lipinski definition) is 2. The Hall–Kier alpha value is -1.74. The molecule has 0 saturated carbocycles. The highest BCUT2D eigenvalue weighted by molar-refractivity contribution is 7.89. The lowest BCUT2D eigenvalue weighted by molar-refractivity contribution is 0.565. The lowest BCUT2D eigenvalue weighted by Crippen LogP contribution is -2.28. The summed E-state index contributed by atoms with van der Waals surface area (Å²) >= 11 is 0. The number of sulfonamides is 1. The van der Waals surface area contributed by atoms with Crippen molar-refractivity contribution in [3.8, 4) is 0 Å². The molecule has 9 heteroatoms. The number of hydrogen-bond acceptors (Lipinski definition) is 6. The van der Waals surface area contributed by atoms with Crippen LogP contribution in [0.2, 0.25) is 0 Å². The van der Waals surface area contributed by atoms with Crippen LogP contribution in [0.15, 0.2) is 12.5 Å². The van der Waals surface area contributed by atoms with Crippen molar-refractivity contribution in [2.75, 3.05) is 24.2 Å². The summed E-state index contributed by atoms with van der Waals surface area (Å²) in [5.74, 6) is 0.822. The molecule has 0 radical (unpaired) electrons. The predicted octanol–water partition coefficient (Wildman–Crippen LogP) is 0.587. The predicted molar refractivity (Wildman–Crippen MR) is 81.6 cm³/mol. The highest BCUT2D eigenvalue weighted by Gasteiger charge is 2.10. The SMILES string of the molecule is CCCNc1ncnc2c1cnn2CCNS(=O)(=O)CC. The highest BCUT2D eigenvalue weighted by Crippen LogP contribution is 2.18. The highest BCUT2D eigenvalue weighted by atomic mass is 32.2. The van der Waals surface area contributed by atoms with Crippen LogP contribution < -0.4 is 10.0 Å². The molecule has 2 aromatic rings. The molecule has 0 atom stereocenters. The van der Waals surface area contributed by atoms with E-state index < -0.39 is 10.0 Å². The quantitative estimate of drug-likeness (QED) is 0.739. The molecular weight excluding hydrogens is 292 g/mol. The van der Waals surface area contributed by atoms with E-state index in [1.807, 2.05) is 0 Å². The van der Waals surface area contributed by atoms with Crippen LogP contribution in [0.1, 0.15) is 20.3 Å². The molecule has 0 saturated heterocycles. The van der Waals surface area contributed by atoms with Crippen LogP contribution in [0.3, 0.4) is 0 Å². The van der Waals surface area contributed by atoms with Crippen LogP contribution in [-0.2, 0) is 16.6 Å². The number of nitrogens with zero attached hydrogens (tertiary/aromatic N) is 4. The summed E-state index contributed by atoms with van der Waals surface area (Å²) in [6, 6.07) is 0. The fourth-order valence-corrected chi connectivity index (χ4v) is 2.46. The van der Waals surface area contributed by atoms with E-state index in [1.165, 1.54) is 6.33 Å². The molecule has 21 heavy (non-hydrogen) atoms. The summed E-state index contributed by atoms with van der Waals surface area (Å²) in [7, 11) is -3.18. The number of fused-ring (bicyclic) bond motifs is 1. The van der Waals surface area contributed by atoms with Crippen molar-refractivity contribution in [2.45, 2.75) is 26.8 Å². The maximum atomic E-state index is 11.4. The van der Waals surface area contributed by atoms with Crippen LogP contribution in [0.25, 0.3) is 11.0 Å². The molecule has 2 N–H and O–H groups in total. The number of aromatic nitrogens is 4. The van der Waals surface area contributed by atoms with E-state index in [0.29, 0.717) is 12.2 Å². The van der Waals surface area contributed by atoms with Gasteiger partial charge in [0, 0.05) is 13.1 Å². The van der Waals surface area contributed by atoms with Gasteiger partial charge in [0.05, 0.1) is 23.9 Å². The second-order valence-corrected chi connectivity index (χ2v) is 6.65. The van der Waals surface area contributed by atoms with Gasteiger partial charge in [0.25, 0.3) is 0 Å². The van der Waals surface area contributed by atoms with Gasteiger partial charge in [-0.3, -0.25) is 0 Å². The standard InChI is InChI=1S/C12H20N6O2S/c1-3-5-13-11-10-8-16-18(12(10)15-9-14-11)7-6-17-21(19,20)4-2/h8-9,17H,3-7H2,1-2H3,(H,13,14,15). The number of anilines is 1. The monoisotopic (exact) mass is 312 g/mol. The molecule has 0 bridgehead atoms. The van der Waals surface area contributed by atoms with E-state index in [2.05, 4.69) is 32.0 Å². The largest absolute Gasteiger partial charge is 0.369 e. The van der Waals surface area contributed by atoms with Crippen LogP contribution >= 0.6 is 0 Å². The molecular formula is C12H20N6O2S. The summed E-state index contributed by atoms with van der Waals surface area (Å²) in [5, 5.41) is 8.31. The van der Waals surface area contributed by atoms with Gasteiger partial charge in [0.2, 0.25) is 10.0 Å². The van der Waals surface area contributed by atoms with Crippen molar-refractivity contribution in [3.63, 3.8) is 0 Å². The first-order chi connectivity index (χ1) is 10.1. The summed E-state index contributed by atoms with van der Waals surface area (Å²) in [4.78, 5) is 8.42. The molecule has 0 aliphatic carbocycles. The molecule has 8 nitrogen and oxygen atoms in total. The number of nitrogens with one attached hydrogen (secondary N) is 2. The van der Waals surface area contributed by atoms with Crippen LogP contribution in [0, 0.1) is 0 Å². The number of rotatable bonds is 8. The average Bonchev–Trinajstić information content (AvgIpc) is 2.89. The average molecular weight is 312 g/mol. The Morgan fingerprint density at radius 3 is 2.76 bits per heavy atom. The molecule has 0 fully saturated rings. The first-order valence-electron chi connectivity index (χ1n) is 6.95. The van der Waals surface area contributed by atoms with E-state index in [-0.39, 0.29) is 12.3 Å². The molecule has 0 spiro atoms. The van der Waals surface area contributed by atoms with Crippen molar-refractivity contribution < 1.29 is 8.42 Å². The van der Waals surface area contributed by atoms with Crippen molar-refractivity contribution in [3.05, 3.63) is 12.5 Å². The first-order valence-corrected chi connectivity index (χ1v) is 8.60. The maximum absolute atomic E-state index is 11.4. The maximum Gasteiger partial charge on any atom is 0.211 e. The fraction of sp³-hybridized carbons (Fsp3) is 0.583. The molecule has 0 aromatic carbocycles. The molecule has 2 rings (SSSR count). The third-order valence-corrected chi connectivity index (χ3v) is 4.41. The Labute approximate surface area is 124 Å². The molecule has 2 aromatic heterocycles. The van der Waals surface area contributed by atoms with E-state index in [4.69, 9.17) is 0 Å². The van der Waals surface area contributed by atoms with Gasteiger partial charge in [-0.05, 0) is 13.3 Å². The summed E-state index contributed by atoms with van der Waals surface area (Å²) in [6.45, 7) is 5.22. The fourth-order valence-electron chi connectivity index (χ4n) is 1.85. The molecule has 0 aliphatic rings. The van der Waals surface area contributed by atoms with E-state index in [1.54, 1.807) is 17.8 Å². The van der Waals surface area contributed by atoms with Gasteiger partial charge in [-0.2, -0.15) is 5.10 Å². The van der Waals surface area contributed by atoms with Crippen LogP contribution in [-0.4, -0.2) is 47.0 Å². The minimum absolute atomic E-state index is 0.0696. The molecule has 0 amide bonds. The zero-order chi connectivity index (χ0) is 15.3. The summed E-state index contributed by atoms with van der Waals surface area (Å²) < 4.78 is 27.0. The van der Waals surface area contributed by atoms with Crippen molar-refractivity contribution >= 4 is 26.9 Å². The summed E-state index contributed by atoms with van der Waals surface area (Å²) in [6.07, 6.45) is 4.18. The normalized spacial score (nSPS) is 11.9. The van der Waals surface area contributed by atoms with Crippen molar-refractivity contribution in [1.29, 1.82) is 0 Å². The third kappa shape index (κ3) is 3.88. The topological polar surface area (TPSA) is 102 Å². The van der Waals surface area contributed by atoms with Gasteiger partial charge in [0.15, 0.2) is 5.65 Å². The zero-order valence-corrected chi connectivity index (χ0v) is 13.0. The first kappa shape index (κ1) is 15.6. The van der Waals surface area contributed by atoms with Gasteiger partial charge in [-0.25, -0.2) is 27.8 Å².